The van der Waals surface area contributed by atoms with E-state index in [-0.39, 0.29) is 17.6 Å². The fourth-order valence-electron chi connectivity index (χ4n) is 2.67. The number of ether oxygens (including phenoxy) is 1. The van der Waals surface area contributed by atoms with Crippen LogP contribution in [0.15, 0.2) is 0 Å². The van der Waals surface area contributed by atoms with Crippen molar-refractivity contribution in [3.8, 4) is 0 Å². The van der Waals surface area contributed by atoms with Crippen molar-refractivity contribution in [3.63, 3.8) is 0 Å². The van der Waals surface area contributed by atoms with E-state index in [4.69, 9.17) is 10.5 Å². The maximum atomic E-state index is 11.8. The second kappa shape index (κ2) is 6.02. The minimum Gasteiger partial charge on any atom is -0.372 e. The number of hydrogen-bond acceptors (Lipinski definition) is 3. The first-order valence-electron chi connectivity index (χ1n) is 7.08. The Bertz CT molecular complexity index is 288. The Hall–Kier alpha value is -0.610. The zero-order valence-corrected chi connectivity index (χ0v) is 12.2. The van der Waals surface area contributed by atoms with Gasteiger partial charge in [0.05, 0.1) is 11.7 Å². The molecule has 0 radical (unpaired) electrons. The normalized spacial score (nSPS) is 29.2. The smallest absolute Gasteiger partial charge is 0.237 e. The lowest BCUT2D eigenvalue weighted by Gasteiger charge is -2.41. The van der Waals surface area contributed by atoms with Crippen LogP contribution in [0.3, 0.4) is 0 Å². The minimum absolute atomic E-state index is 0.125. The Morgan fingerprint density at radius 2 is 2.17 bits per heavy atom. The monoisotopic (exact) mass is 256 g/mol. The molecule has 0 aliphatic heterocycles. The topological polar surface area (TPSA) is 64.3 Å². The first-order chi connectivity index (χ1) is 8.35. The van der Waals surface area contributed by atoms with Crippen LogP contribution >= 0.6 is 0 Å². The highest BCUT2D eigenvalue weighted by Crippen LogP contribution is 2.33. The molecule has 0 heterocycles. The highest BCUT2D eigenvalue weighted by atomic mass is 16.5. The molecule has 0 spiro atoms. The van der Waals surface area contributed by atoms with Gasteiger partial charge in [0.1, 0.15) is 5.54 Å². The maximum Gasteiger partial charge on any atom is 0.237 e. The van der Waals surface area contributed by atoms with Gasteiger partial charge in [-0.1, -0.05) is 13.8 Å². The summed E-state index contributed by atoms with van der Waals surface area (Å²) in [5.41, 5.74) is 4.89. The molecule has 2 atom stereocenters. The van der Waals surface area contributed by atoms with Crippen LogP contribution in [0, 0.1) is 0 Å². The van der Waals surface area contributed by atoms with Crippen LogP contribution in [0.4, 0.5) is 0 Å². The number of hydrogen-bond donors (Lipinski definition) is 2. The molecule has 4 heteroatoms. The van der Waals surface area contributed by atoms with E-state index in [0.29, 0.717) is 6.42 Å². The molecule has 1 fully saturated rings. The molecule has 1 aliphatic rings. The standard InChI is InChI=1S/C14H28N2O2/c1-5-13(3,4)18-11-8-7-9-14(10-11,12(15)17)16-6-2/h11,16H,5-10H2,1-4H3,(H2,15,17). The zero-order valence-electron chi connectivity index (χ0n) is 12.2. The lowest BCUT2D eigenvalue weighted by Crippen LogP contribution is -2.59. The molecule has 0 saturated heterocycles. The Labute approximate surface area is 111 Å². The van der Waals surface area contributed by atoms with Crippen molar-refractivity contribution >= 4 is 5.91 Å². The summed E-state index contributed by atoms with van der Waals surface area (Å²) >= 11 is 0. The van der Waals surface area contributed by atoms with Crippen molar-refractivity contribution in [2.75, 3.05) is 6.54 Å². The number of nitrogens with two attached hydrogens (primary N) is 1. The fraction of sp³-hybridized carbons (Fsp3) is 0.929. The van der Waals surface area contributed by atoms with Crippen LogP contribution in [0.1, 0.15) is 59.8 Å². The van der Waals surface area contributed by atoms with Gasteiger partial charge in [-0.15, -0.1) is 0 Å². The molecular weight excluding hydrogens is 228 g/mol. The number of rotatable bonds is 6. The third-order valence-electron chi connectivity index (χ3n) is 4.03. The van der Waals surface area contributed by atoms with Crippen LogP contribution in [0.2, 0.25) is 0 Å². The largest absolute Gasteiger partial charge is 0.372 e. The Balaban J connectivity index is 2.72. The van der Waals surface area contributed by atoms with E-state index >= 15 is 0 Å². The van der Waals surface area contributed by atoms with Gasteiger partial charge >= 0.3 is 0 Å². The molecule has 0 aromatic carbocycles. The maximum absolute atomic E-state index is 11.8. The molecule has 0 aromatic rings. The first-order valence-corrected chi connectivity index (χ1v) is 7.08. The van der Waals surface area contributed by atoms with Gasteiger partial charge in [-0.05, 0) is 46.1 Å². The molecule has 1 saturated carbocycles. The van der Waals surface area contributed by atoms with E-state index in [2.05, 4.69) is 26.1 Å². The number of carbonyl (C=O) groups excluding carboxylic acids is 1. The van der Waals surface area contributed by atoms with Gasteiger partial charge in [0.15, 0.2) is 0 Å². The lowest BCUT2D eigenvalue weighted by atomic mass is 9.79. The highest BCUT2D eigenvalue weighted by Gasteiger charge is 2.42. The van der Waals surface area contributed by atoms with Gasteiger partial charge in [-0.2, -0.15) is 0 Å². The van der Waals surface area contributed by atoms with Crippen molar-refractivity contribution in [1.29, 1.82) is 0 Å². The van der Waals surface area contributed by atoms with Gasteiger partial charge in [0, 0.05) is 6.42 Å². The fourth-order valence-corrected chi connectivity index (χ4v) is 2.67. The Morgan fingerprint density at radius 1 is 1.50 bits per heavy atom. The van der Waals surface area contributed by atoms with Crippen molar-refractivity contribution in [2.45, 2.75) is 77.0 Å². The number of primary amides is 1. The molecule has 106 valence electrons. The summed E-state index contributed by atoms with van der Waals surface area (Å²) in [6.45, 7) is 9.08. The minimum atomic E-state index is -0.568. The van der Waals surface area contributed by atoms with Crippen molar-refractivity contribution in [3.05, 3.63) is 0 Å². The first kappa shape index (κ1) is 15.4. The highest BCUT2D eigenvalue weighted by molar-refractivity contribution is 5.84. The molecule has 3 N–H and O–H groups in total. The van der Waals surface area contributed by atoms with Crippen LogP contribution < -0.4 is 11.1 Å². The number of amides is 1. The molecule has 18 heavy (non-hydrogen) atoms. The van der Waals surface area contributed by atoms with Crippen molar-refractivity contribution < 1.29 is 9.53 Å². The number of likely N-dealkylation sites (N-methyl/N-ethyl adjacent to an activating group) is 1. The lowest BCUT2D eigenvalue weighted by molar-refractivity contribution is -0.134. The van der Waals surface area contributed by atoms with E-state index in [9.17, 15) is 4.79 Å². The molecule has 2 unspecified atom stereocenters. The summed E-state index contributed by atoms with van der Waals surface area (Å²) in [4.78, 5) is 11.8. The van der Waals surface area contributed by atoms with Gasteiger partial charge in [0.2, 0.25) is 5.91 Å². The van der Waals surface area contributed by atoms with Crippen LogP contribution in [0.5, 0.6) is 0 Å². The molecule has 0 aromatic heterocycles. The van der Waals surface area contributed by atoms with Crippen molar-refractivity contribution in [2.24, 2.45) is 5.73 Å². The molecular formula is C14H28N2O2. The Kier molecular flexibility index (Phi) is 5.17. The summed E-state index contributed by atoms with van der Waals surface area (Å²) in [6.07, 6.45) is 4.61. The third-order valence-corrected chi connectivity index (χ3v) is 4.03. The van der Waals surface area contributed by atoms with Crippen molar-refractivity contribution in [1.82, 2.24) is 5.32 Å². The summed E-state index contributed by atoms with van der Waals surface area (Å²) in [7, 11) is 0. The van der Waals surface area contributed by atoms with Gasteiger partial charge < -0.3 is 15.8 Å². The summed E-state index contributed by atoms with van der Waals surface area (Å²) < 4.78 is 6.13. The molecule has 1 rings (SSSR count). The average molecular weight is 256 g/mol. The van der Waals surface area contributed by atoms with E-state index < -0.39 is 5.54 Å². The van der Waals surface area contributed by atoms with Gasteiger partial charge in [-0.3, -0.25) is 4.79 Å². The number of carbonyl (C=O) groups is 1. The molecule has 1 aliphatic carbocycles. The van der Waals surface area contributed by atoms with Crippen LogP contribution in [-0.2, 0) is 9.53 Å². The molecule has 4 nitrogen and oxygen atoms in total. The molecule has 0 bridgehead atoms. The van der Waals surface area contributed by atoms with E-state index in [1.807, 2.05) is 6.92 Å². The van der Waals surface area contributed by atoms with Crippen LogP contribution in [-0.4, -0.2) is 29.7 Å². The van der Waals surface area contributed by atoms with E-state index in [1.165, 1.54) is 0 Å². The zero-order chi connectivity index (χ0) is 13.8. The summed E-state index contributed by atoms with van der Waals surface area (Å²) in [6, 6.07) is 0. The van der Waals surface area contributed by atoms with Gasteiger partial charge in [0.25, 0.3) is 0 Å². The van der Waals surface area contributed by atoms with E-state index in [0.717, 1.165) is 32.2 Å². The average Bonchev–Trinajstić information content (AvgIpc) is 2.29. The second-order valence-corrected chi connectivity index (χ2v) is 5.93. The Morgan fingerprint density at radius 3 is 2.67 bits per heavy atom. The van der Waals surface area contributed by atoms with Crippen LogP contribution in [0.25, 0.3) is 0 Å². The third kappa shape index (κ3) is 3.69. The summed E-state index contributed by atoms with van der Waals surface area (Å²) in [5.74, 6) is -0.244. The van der Waals surface area contributed by atoms with Gasteiger partial charge in [-0.25, -0.2) is 0 Å². The number of nitrogens with one attached hydrogen (secondary N) is 1. The summed E-state index contributed by atoms with van der Waals surface area (Å²) in [5, 5.41) is 3.28. The predicted molar refractivity (Wildman–Crippen MR) is 73.3 cm³/mol. The van der Waals surface area contributed by atoms with E-state index in [1.54, 1.807) is 0 Å². The predicted octanol–water partition coefficient (Wildman–Crippen LogP) is 1.97. The second-order valence-electron chi connectivity index (χ2n) is 5.93. The molecule has 1 amide bonds. The SMILES string of the molecule is CCNC1(C(N)=O)CCCC(OC(C)(C)CC)C1. The quantitative estimate of drug-likeness (QED) is 0.763.